The van der Waals surface area contributed by atoms with E-state index < -0.39 is 0 Å². The van der Waals surface area contributed by atoms with E-state index in [0.29, 0.717) is 12.8 Å². The Kier molecular flexibility index (Phi) is 7.83. The van der Waals surface area contributed by atoms with Crippen LogP contribution in [0.25, 0.3) is 0 Å². The fourth-order valence-electron chi connectivity index (χ4n) is 2.45. The first-order valence-corrected chi connectivity index (χ1v) is 8.91. The molecule has 0 aromatic rings. The fraction of sp³-hybridized carbons (Fsp3) is 0.889. The van der Waals surface area contributed by atoms with Gasteiger partial charge >= 0.3 is 5.97 Å². The number of Topliss-reactive ketones (excluding diaryl/α,β-unsaturated/α-hetero) is 1. The topological polar surface area (TPSA) is 59.1 Å². The number of carbonyl (C=O) groups excluding carboxylic acids is 2. The summed E-state index contributed by atoms with van der Waals surface area (Å²) in [5, 5.41) is 3.68. The summed E-state index contributed by atoms with van der Waals surface area (Å²) in [6.07, 6.45) is 4.13. The molecule has 0 saturated carbocycles. The van der Waals surface area contributed by atoms with E-state index in [2.05, 4.69) is 20.8 Å². The largest absolute Gasteiger partial charge is 0.367 e. The molecule has 0 aromatic carbocycles. The van der Waals surface area contributed by atoms with Gasteiger partial charge in [0.05, 0.1) is 0 Å². The molecule has 2 saturated heterocycles. The lowest BCUT2D eigenvalue weighted by Crippen LogP contribution is -2.42. The molecule has 140 valence electrons. The van der Waals surface area contributed by atoms with Gasteiger partial charge in [0.25, 0.3) is 0 Å². The monoisotopic (exact) mass is 342 g/mol. The molecule has 0 aliphatic carbocycles. The van der Waals surface area contributed by atoms with Crippen LogP contribution >= 0.6 is 0 Å². The zero-order chi connectivity index (χ0) is 18.4. The third-order valence-electron chi connectivity index (χ3n) is 3.90. The van der Waals surface area contributed by atoms with E-state index >= 15 is 0 Å². The van der Waals surface area contributed by atoms with Gasteiger partial charge in [0.2, 0.25) is 0 Å². The molecule has 0 spiro atoms. The van der Waals surface area contributed by atoms with Crippen LogP contribution in [0, 0.1) is 0 Å². The molecule has 0 aromatic heterocycles. The van der Waals surface area contributed by atoms with Crippen molar-refractivity contribution in [3.8, 4) is 0 Å². The molecule has 2 fully saturated rings. The summed E-state index contributed by atoms with van der Waals surface area (Å²) >= 11 is 0. The summed E-state index contributed by atoms with van der Waals surface area (Å²) in [4.78, 5) is 32.6. The van der Waals surface area contributed by atoms with E-state index in [-0.39, 0.29) is 29.4 Å². The zero-order valence-corrected chi connectivity index (χ0v) is 16.2. The normalized spacial score (nSPS) is 22.1. The highest BCUT2D eigenvalue weighted by Crippen LogP contribution is 2.19. The molecular weight excluding hydrogens is 308 g/mol. The van der Waals surface area contributed by atoms with Crippen molar-refractivity contribution in [3.05, 3.63) is 0 Å². The summed E-state index contributed by atoms with van der Waals surface area (Å²) < 4.78 is 0. The highest BCUT2D eigenvalue weighted by atomic mass is 16.7. The zero-order valence-electron chi connectivity index (χ0n) is 16.2. The van der Waals surface area contributed by atoms with E-state index in [0.717, 1.165) is 32.4 Å². The van der Waals surface area contributed by atoms with Gasteiger partial charge in [-0.15, -0.1) is 5.06 Å². The predicted molar refractivity (Wildman–Crippen MR) is 93.1 cm³/mol. The molecule has 0 N–H and O–H groups in total. The maximum atomic E-state index is 11.1. The Morgan fingerprint density at radius 2 is 1.38 bits per heavy atom. The molecule has 6 heteroatoms. The van der Waals surface area contributed by atoms with Crippen LogP contribution in [-0.4, -0.2) is 52.7 Å². The van der Waals surface area contributed by atoms with Gasteiger partial charge in [-0.2, -0.15) is 5.06 Å². The van der Waals surface area contributed by atoms with Gasteiger partial charge in [0.1, 0.15) is 6.61 Å². The van der Waals surface area contributed by atoms with Crippen molar-refractivity contribution in [2.75, 3.05) is 19.7 Å². The molecule has 2 aliphatic rings. The lowest BCUT2D eigenvalue weighted by atomic mass is 10.1. The molecule has 2 aliphatic heterocycles. The number of rotatable bonds is 0. The Hall–Kier alpha value is -0.980. The summed E-state index contributed by atoms with van der Waals surface area (Å²) in [5.74, 6) is 0.115. The van der Waals surface area contributed by atoms with Crippen LogP contribution < -0.4 is 0 Å². The summed E-state index contributed by atoms with van der Waals surface area (Å²) in [6.45, 7) is 14.4. The minimum Gasteiger partial charge on any atom is -0.367 e. The van der Waals surface area contributed by atoms with Crippen LogP contribution in [-0.2, 0) is 19.3 Å². The SMILES string of the molecule is CC(C)(C)N1CCCC(=O)CO1.CC(C)(C)N1CCCCC(=O)O1. The van der Waals surface area contributed by atoms with E-state index in [1.807, 2.05) is 25.8 Å². The first-order chi connectivity index (χ1) is 11.0. The average molecular weight is 342 g/mol. The van der Waals surface area contributed by atoms with Gasteiger partial charge in [0.15, 0.2) is 5.78 Å². The lowest BCUT2D eigenvalue weighted by Gasteiger charge is -2.32. The minimum atomic E-state index is -0.0950. The van der Waals surface area contributed by atoms with Gasteiger partial charge < -0.3 is 4.84 Å². The van der Waals surface area contributed by atoms with E-state index in [1.165, 1.54) is 0 Å². The standard InChI is InChI=1S/2C9H17NO2/c1-9(2,3)10-6-4-5-8(11)7-12-10;1-9(2,3)10-7-5-4-6-8(11)12-10/h2*4-7H2,1-3H3. The Morgan fingerprint density at radius 3 is 1.96 bits per heavy atom. The Labute approximate surface area is 146 Å². The second-order valence-electron chi connectivity index (χ2n) is 8.38. The van der Waals surface area contributed by atoms with Crippen molar-refractivity contribution < 1.29 is 19.3 Å². The van der Waals surface area contributed by atoms with Crippen molar-refractivity contribution >= 4 is 11.8 Å². The predicted octanol–water partition coefficient (Wildman–Crippen LogP) is 3.11. The maximum absolute atomic E-state index is 11.1. The molecule has 0 radical (unpaired) electrons. The van der Waals surface area contributed by atoms with Crippen molar-refractivity contribution in [2.45, 2.75) is 84.7 Å². The van der Waals surface area contributed by atoms with Crippen molar-refractivity contribution in [1.82, 2.24) is 10.1 Å². The van der Waals surface area contributed by atoms with E-state index in [4.69, 9.17) is 9.68 Å². The van der Waals surface area contributed by atoms with Crippen LogP contribution in [0.1, 0.15) is 73.6 Å². The number of hydrogen-bond acceptors (Lipinski definition) is 6. The molecule has 0 amide bonds. The smallest absolute Gasteiger partial charge is 0.325 e. The highest BCUT2D eigenvalue weighted by Gasteiger charge is 2.27. The van der Waals surface area contributed by atoms with Gasteiger partial charge in [-0.05, 0) is 60.8 Å². The molecule has 2 rings (SSSR count). The third kappa shape index (κ3) is 7.73. The van der Waals surface area contributed by atoms with Gasteiger partial charge in [0, 0.05) is 37.0 Å². The Bertz CT molecular complexity index is 424. The fourth-order valence-corrected chi connectivity index (χ4v) is 2.45. The van der Waals surface area contributed by atoms with Gasteiger partial charge in [-0.1, -0.05) is 0 Å². The van der Waals surface area contributed by atoms with Crippen LogP contribution in [0.2, 0.25) is 0 Å². The minimum absolute atomic E-state index is 0.00458. The maximum Gasteiger partial charge on any atom is 0.325 e. The van der Waals surface area contributed by atoms with Gasteiger partial charge in [-0.25, -0.2) is 0 Å². The second-order valence-corrected chi connectivity index (χ2v) is 8.38. The summed E-state index contributed by atoms with van der Waals surface area (Å²) in [5.41, 5.74) is -0.0649. The Balaban J connectivity index is 0.000000240. The van der Waals surface area contributed by atoms with Crippen LogP contribution in [0.4, 0.5) is 0 Å². The average Bonchev–Trinajstić information content (AvgIpc) is 2.78. The number of hydroxylamine groups is 4. The molecule has 0 unspecified atom stereocenters. The third-order valence-corrected chi connectivity index (χ3v) is 3.90. The lowest BCUT2D eigenvalue weighted by molar-refractivity contribution is -0.210. The van der Waals surface area contributed by atoms with E-state index in [1.54, 1.807) is 5.06 Å². The summed E-state index contributed by atoms with van der Waals surface area (Å²) in [6, 6.07) is 0. The molecule has 0 atom stereocenters. The van der Waals surface area contributed by atoms with E-state index in [9.17, 15) is 9.59 Å². The van der Waals surface area contributed by atoms with Crippen LogP contribution in [0.3, 0.4) is 0 Å². The van der Waals surface area contributed by atoms with Crippen molar-refractivity contribution in [1.29, 1.82) is 0 Å². The number of hydrogen-bond donors (Lipinski definition) is 0. The second kappa shape index (κ2) is 8.92. The molecule has 6 nitrogen and oxygen atoms in total. The van der Waals surface area contributed by atoms with Crippen molar-refractivity contribution in [2.24, 2.45) is 0 Å². The van der Waals surface area contributed by atoms with Crippen LogP contribution in [0.15, 0.2) is 0 Å². The Morgan fingerprint density at radius 1 is 0.792 bits per heavy atom. The number of carbonyl (C=O) groups is 2. The molecular formula is C18H34N2O4. The molecule has 2 heterocycles. The van der Waals surface area contributed by atoms with Gasteiger partial charge in [-0.3, -0.25) is 14.4 Å². The first-order valence-electron chi connectivity index (χ1n) is 8.91. The first kappa shape index (κ1) is 21.1. The number of nitrogens with zero attached hydrogens (tertiary/aromatic N) is 2. The quantitative estimate of drug-likeness (QED) is 0.674. The number of ketones is 1. The molecule has 24 heavy (non-hydrogen) atoms. The van der Waals surface area contributed by atoms with Crippen molar-refractivity contribution in [3.63, 3.8) is 0 Å². The molecule has 0 bridgehead atoms. The highest BCUT2D eigenvalue weighted by molar-refractivity contribution is 5.79. The van der Waals surface area contributed by atoms with Crippen LogP contribution in [0.5, 0.6) is 0 Å². The summed E-state index contributed by atoms with van der Waals surface area (Å²) in [7, 11) is 0.